The summed E-state index contributed by atoms with van der Waals surface area (Å²) in [4.78, 5) is 33.1. The van der Waals surface area contributed by atoms with Crippen LogP contribution in [0.4, 0.5) is 0 Å². The molecule has 0 atom stereocenters. The molecule has 132 valence electrons. The average Bonchev–Trinajstić information content (AvgIpc) is 2.60. The number of nitrogens with one attached hydrogen (secondary N) is 1. The molecule has 7 heteroatoms. The molecule has 1 saturated heterocycles. The number of nitrogens with zero attached hydrogens (tertiary/aromatic N) is 2. The molecule has 1 amide bonds. The van der Waals surface area contributed by atoms with E-state index in [0.717, 1.165) is 5.56 Å². The predicted molar refractivity (Wildman–Crippen MR) is 92.8 cm³/mol. The third-order valence-corrected chi connectivity index (χ3v) is 4.25. The fourth-order valence-corrected chi connectivity index (χ4v) is 2.86. The van der Waals surface area contributed by atoms with Crippen molar-refractivity contribution in [2.45, 2.75) is 19.4 Å². The number of carbonyl (C=O) groups excluding carboxylic acids is 1. The highest BCUT2D eigenvalue weighted by Gasteiger charge is 2.35. The van der Waals surface area contributed by atoms with Gasteiger partial charge >= 0.3 is 5.69 Å². The van der Waals surface area contributed by atoms with Gasteiger partial charge in [-0.15, -0.1) is 0 Å². The topological polar surface area (TPSA) is 84.5 Å². The van der Waals surface area contributed by atoms with E-state index in [0.29, 0.717) is 31.2 Å². The van der Waals surface area contributed by atoms with Crippen LogP contribution in [0.2, 0.25) is 0 Å². The van der Waals surface area contributed by atoms with Crippen molar-refractivity contribution in [1.82, 2.24) is 14.9 Å². The van der Waals surface area contributed by atoms with Gasteiger partial charge in [-0.25, -0.2) is 4.79 Å². The van der Waals surface area contributed by atoms with Crippen molar-refractivity contribution in [1.29, 1.82) is 0 Å². The minimum Gasteiger partial charge on any atom is -0.497 e. The first-order chi connectivity index (χ1) is 11.9. The fourth-order valence-electron chi connectivity index (χ4n) is 2.86. The number of amides is 1. The highest BCUT2D eigenvalue weighted by Crippen LogP contribution is 2.23. The van der Waals surface area contributed by atoms with E-state index < -0.39 is 11.2 Å². The number of morpholine rings is 1. The molecule has 0 unspecified atom stereocenters. The van der Waals surface area contributed by atoms with Crippen LogP contribution in [-0.2, 0) is 4.74 Å². The summed E-state index contributed by atoms with van der Waals surface area (Å²) in [7, 11) is 1.58. The number of benzene rings is 1. The number of hydrogen-bond donors (Lipinski definition) is 1. The first-order valence-corrected chi connectivity index (χ1v) is 8.06. The SMILES string of the molecule is COc1ccc(-c2cc(C(=O)N3CCOCC3(C)C)[nH]c(=O)n2)cc1. The minimum absolute atomic E-state index is 0.223. The standard InChI is InChI=1S/C18H21N3O4/c1-18(2)11-25-9-8-21(18)16(22)15-10-14(19-17(23)20-15)12-4-6-13(24-3)7-5-12/h4-7,10H,8-9,11H2,1-3H3,(H,19,20,23). The zero-order valence-electron chi connectivity index (χ0n) is 14.5. The van der Waals surface area contributed by atoms with Gasteiger partial charge in [0.2, 0.25) is 0 Å². The number of rotatable bonds is 3. The molecule has 1 fully saturated rings. The predicted octanol–water partition coefficient (Wildman–Crippen LogP) is 1.70. The summed E-state index contributed by atoms with van der Waals surface area (Å²) in [5.41, 5.74) is 0.419. The summed E-state index contributed by atoms with van der Waals surface area (Å²) < 4.78 is 10.6. The molecule has 3 rings (SSSR count). The van der Waals surface area contributed by atoms with E-state index in [1.807, 2.05) is 13.8 Å². The zero-order valence-corrected chi connectivity index (χ0v) is 14.5. The van der Waals surface area contributed by atoms with Gasteiger partial charge in [-0.2, -0.15) is 4.98 Å². The van der Waals surface area contributed by atoms with E-state index >= 15 is 0 Å². The third-order valence-electron chi connectivity index (χ3n) is 4.25. The Bertz CT molecular complexity index is 827. The Labute approximate surface area is 145 Å². The zero-order chi connectivity index (χ0) is 18.0. The summed E-state index contributed by atoms with van der Waals surface area (Å²) in [5.74, 6) is 0.475. The van der Waals surface area contributed by atoms with E-state index in [1.54, 1.807) is 42.3 Å². The van der Waals surface area contributed by atoms with Crippen molar-refractivity contribution in [3.8, 4) is 17.0 Å². The van der Waals surface area contributed by atoms with Gasteiger partial charge in [-0.05, 0) is 44.2 Å². The molecule has 1 aromatic carbocycles. The first-order valence-electron chi connectivity index (χ1n) is 8.06. The maximum absolute atomic E-state index is 12.9. The lowest BCUT2D eigenvalue weighted by molar-refractivity contribution is -0.0373. The van der Waals surface area contributed by atoms with Gasteiger partial charge in [0.25, 0.3) is 5.91 Å². The largest absolute Gasteiger partial charge is 0.497 e. The van der Waals surface area contributed by atoms with Gasteiger partial charge in [-0.1, -0.05) is 0 Å². The Hall–Kier alpha value is -2.67. The Balaban J connectivity index is 1.96. The quantitative estimate of drug-likeness (QED) is 0.917. The smallest absolute Gasteiger partial charge is 0.346 e. The number of aromatic nitrogens is 2. The van der Waals surface area contributed by atoms with Gasteiger partial charge in [0.1, 0.15) is 11.4 Å². The van der Waals surface area contributed by atoms with Crippen LogP contribution in [0.1, 0.15) is 24.3 Å². The minimum atomic E-state index is -0.553. The highest BCUT2D eigenvalue weighted by molar-refractivity contribution is 5.93. The number of ether oxygens (including phenoxy) is 2. The van der Waals surface area contributed by atoms with Crippen molar-refractivity contribution < 1.29 is 14.3 Å². The summed E-state index contributed by atoms with van der Waals surface area (Å²) in [5, 5.41) is 0. The number of methoxy groups -OCH3 is 1. The van der Waals surface area contributed by atoms with Crippen molar-refractivity contribution in [3.05, 3.63) is 46.5 Å². The number of hydrogen-bond acceptors (Lipinski definition) is 5. The van der Waals surface area contributed by atoms with E-state index in [-0.39, 0.29) is 11.6 Å². The lowest BCUT2D eigenvalue weighted by atomic mass is 10.0. The van der Waals surface area contributed by atoms with Gasteiger partial charge in [0, 0.05) is 12.1 Å². The molecule has 2 aromatic rings. The molecule has 1 N–H and O–H groups in total. The molecule has 0 spiro atoms. The molecule has 0 saturated carbocycles. The Morgan fingerprint density at radius 3 is 2.68 bits per heavy atom. The van der Waals surface area contributed by atoms with Gasteiger partial charge in [0.05, 0.1) is 31.6 Å². The normalized spacial score (nSPS) is 16.5. The molecule has 1 aliphatic rings. The number of H-pyrrole nitrogens is 1. The molecule has 1 aliphatic heterocycles. The first kappa shape index (κ1) is 17.2. The van der Waals surface area contributed by atoms with Crippen LogP contribution in [0, 0.1) is 0 Å². The van der Waals surface area contributed by atoms with Crippen LogP contribution in [0.3, 0.4) is 0 Å². The van der Waals surface area contributed by atoms with Crippen molar-refractivity contribution in [2.24, 2.45) is 0 Å². The van der Waals surface area contributed by atoms with Crippen LogP contribution in [-0.4, -0.2) is 53.2 Å². The second-order valence-electron chi connectivity index (χ2n) is 6.54. The molecular formula is C18H21N3O4. The third kappa shape index (κ3) is 3.56. The van der Waals surface area contributed by atoms with Gasteiger partial charge in [0.15, 0.2) is 0 Å². The molecule has 25 heavy (non-hydrogen) atoms. The Morgan fingerprint density at radius 1 is 1.32 bits per heavy atom. The van der Waals surface area contributed by atoms with Crippen LogP contribution < -0.4 is 10.4 Å². The monoisotopic (exact) mass is 343 g/mol. The summed E-state index contributed by atoms with van der Waals surface area (Å²) >= 11 is 0. The van der Waals surface area contributed by atoms with Gasteiger partial charge < -0.3 is 19.4 Å². The van der Waals surface area contributed by atoms with Crippen LogP contribution in [0.25, 0.3) is 11.3 Å². The van der Waals surface area contributed by atoms with Crippen molar-refractivity contribution in [3.63, 3.8) is 0 Å². The van der Waals surface area contributed by atoms with Crippen molar-refractivity contribution in [2.75, 3.05) is 26.9 Å². The van der Waals surface area contributed by atoms with E-state index in [1.165, 1.54) is 0 Å². The summed E-state index contributed by atoms with van der Waals surface area (Å²) in [6, 6.07) is 8.77. The second-order valence-corrected chi connectivity index (χ2v) is 6.54. The summed E-state index contributed by atoms with van der Waals surface area (Å²) in [6.45, 7) is 5.30. The second kappa shape index (κ2) is 6.68. The molecule has 0 aliphatic carbocycles. The maximum atomic E-state index is 12.9. The van der Waals surface area contributed by atoms with E-state index in [2.05, 4.69) is 9.97 Å². The number of aromatic amines is 1. The Morgan fingerprint density at radius 2 is 2.04 bits per heavy atom. The van der Waals surface area contributed by atoms with Gasteiger partial charge in [-0.3, -0.25) is 4.79 Å². The highest BCUT2D eigenvalue weighted by atomic mass is 16.5. The molecular weight excluding hydrogens is 322 g/mol. The fraction of sp³-hybridized carbons (Fsp3) is 0.389. The van der Waals surface area contributed by atoms with E-state index in [9.17, 15) is 9.59 Å². The van der Waals surface area contributed by atoms with Crippen LogP contribution in [0.5, 0.6) is 5.75 Å². The lowest BCUT2D eigenvalue weighted by Crippen LogP contribution is -2.55. The Kier molecular flexibility index (Phi) is 4.59. The molecule has 7 nitrogen and oxygen atoms in total. The van der Waals surface area contributed by atoms with Crippen LogP contribution in [0.15, 0.2) is 35.1 Å². The van der Waals surface area contributed by atoms with Crippen molar-refractivity contribution >= 4 is 5.91 Å². The van der Waals surface area contributed by atoms with E-state index in [4.69, 9.17) is 9.47 Å². The molecule has 0 radical (unpaired) electrons. The molecule has 2 heterocycles. The average molecular weight is 343 g/mol. The molecule has 0 bridgehead atoms. The number of carbonyl (C=O) groups is 1. The lowest BCUT2D eigenvalue weighted by Gasteiger charge is -2.42. The summed E-state index contributed by atoms with van der Waals surface area (Å²) in [6.07, 6.45) is 0. The molecule has 1 aromatic heterocycles. The maximum Gasteiger partial charge on any atom is 0.346 e. The van der Waals surface area contributed by atoms with Crippen LogP contribution >= 0.6 is 0 Å².